The zero-order valence-corrected chi connectivity index (χ0v) is 12.4. The number of halogens is 4. The highest BCUT2D eigenvalue weighted by atomic mass is 19.4. The van der Waals surface area contributed by atoms with Crippen LogP contribution in [0.25, 0.3) is 10.9 Å². The Hall–Kier alpha value is -2.05. The fraction of sp³-hybridized carbons (Fsp3) is 0.400. The molecule has 0 radical (unpaired) electrons. The van der Waals surface area contributed by atoms with Crippen LogP contribution in [-0.4, -0.2) is 35.6 Å². The third-order valence-corrected chi connectivity index (χ3v) is 3.39. The molecule has 0 unspecified atom stereocenters. The number of alkyl halides is 3. The zero-order valence-electron chi connectivity index (χ0n) is 12.4. The standard InChI is InChI=1S/C15H16F4N2O/c1-8(2)9-4-5-11(16)13-10(9)6-12(20-13)14(22)21(3)7-15(17,18)19/h4-6,8,20H,7H2,1-3H3. The number of H-pyrrole nitrogens is 1. The molecule has 0 aliphatic rings. The molecule has 0 saturated carbocycles. The van der Waals surface area contributed by atoms with Crippen molar-refractivity contribution in [2.45, 2.75) is 25.9 Å². The lowest BCUT2D eigenvalue weighted by Crippen LogP contribution is -2.35. The Morgan fingerprint density at radius 2 is 1.95 bits per heavy atom. The van der Waals surface area contributed by atoms with Crippen molar-refractivity contribution in [3.63, 3.8) is 0 Å². The number of nitrogens with one attached hydrogen (secondary N) is 1. The molecule has 2 aromatic rings. The minimum Gasteiger partial charge on any atom is -0.348 e. The molecule has 0 aliphatic heterocycles. The van der Waals surface area contributed by atoms with E-state index in [4.69, 9.17) is 0 Å². The van der Waals surface area contributed by atoms with Crippen LogP contribution in [0, 0.1) is 5.82 Å². The van der Waals surface area contributed by atoms with Crippen LogP contribution in [0.3, 0.4) is 0 Å². The molecule has 0 bridgehead atoms. The Balaban J connectivity index is 2.43. The monoisotopic (exact) mass is 316 g/mol. The quantitative estimate of drug-likeness (QED) is 0.852. The van der Waals surface area contributed by atoms with Gasteiger partial charge in [0.25, 0.3) is 5.91 Å². The number of hydrogen-bond donors (Lipinski definition) is 1. The number of rotatable bonds is 3. The number of amides is 1. The summed E-state index contributed by atoms with van der Waals surface area (Å²) in [5, 5.41) is 0.513. The smallest absolute Gasteiger partial charge is 0.348 e. The van der Waals surface area contributed by atoms with Crippen molar-refractivity contribution in [2.24, 2.45) is 0 Å². The Morgan fingerprint density at radius 3 is 2.50 bits per heavy atom. The average molecular weight is 316 g/mol. The first-order valence-corrected chi connectivity index (χ1v) is 6.73. The second kappa shape index (κ2) is 5.62. The summed E-state index contributed by atoms with van der Waals surface area (Å²) in [5.74, 6) is -1.28. The lowest BCUT2D eigenvalue weighted by molar-refractivity contribution is -0.138. The van der Waals surface area contributed by atoms with E-state index >= 15 is 0 Å². The molecule has 1 aromatic heterocycles. The fourth-order valence-electron chi connectivity index (χ4n) is 2.37. The lowest BCUT2D eigenvalue weighted by Gasteiger charge is -2.17. The molecule has 0 atom stereocenters. The number of nitrogens with zero attached hydrogens (tertiary/aromatic N) is 1. The molecule has 0 aliphatic carbocycles. The average Bonchev–Trinajstić information content (AvgIpc) is 2.81. The summed E-state index contributed by atoms with van der Waals surface area (Å²) in [7, 11) is 1.06. The molecule has 3 nitrogen and oxygen atoms in total. The van der Waals surface area contributed by atoms with E-state index in [1.54, 1.807) is 6.07 Å². The highest BCUT2D eigenvalue weighted by molar-refractivity contribution is 5.99. The molecule has 1 heterocycles. The maximum Gasteiger partial charge on any atom is 0.406 e. The Bertz CT molecular complexity index is 703. The van der Waals surface area contributed by atoms with Crippen molar-refractivity contribution in [1.29, 1.82) is 0 Å². The molecule has 7 heteroatoms. The molecule has 0 spiro atoms. The van der Waals surface area contributed by atoms with Gasteiger partial charge in [-0.05, 0) is 23.6 Å². The topological polar surface area (TPSA) is 36.1 Å². The Morgan fingerprint density at radius 1 is 1.32 bits per heavy atom. The number of fused-ring (bicyclic) bond motifs is 1. The van der Waals surface area contributed by atoms with Gasteiger partial charge in [-0.2, -0.15) is 13.2 Å². The molecule has 120 valence electrons. The van der Waals surface area contributed by atoms with Crippen LogP contribution in [0.15, 0.2) is 18.2 Å². The van der Waals surface area contributed by atoms with E-state index in [1.807, 2.05) is 13.8 Å². The number of benzene rings is 1. The van der Waals surface area contributed by atoms with Gasteiger partial charge in [-0.1, -0.05) is 19.9 Å². The highest BCUT2D eigenvalue weighted by Gasteiger charge is 2.32. The molecule has 1 aromatic carbocycles. The van der Waals surface area contributed by atoms with Gasteiger partial charge in [0.05, 0.1) is 5.52 Å². The lowest BCUT2D eigenvalue weighted by atomic mass is 9.99. The number of carbonyl (C=O) groups excluding carboxylic acids is 1. The summed E-state index contributed by atoms with van der Waals surface area (Å²) in [4.78, 5) is 15.2. The second-order valence-electron chi connectivity index (χ2n) is 5.54. The first-order valence-electron chi connectivity index (χ1n) is 6.73. The van der Waals surface area contributed by atoms with Crippen LogP contribution in [0.1, 0.15) is 35.8 Å². The van der Waals surface area contributed by atoms with Crippen LogP contribution in [-0.2, 0) is 0 Å². The van der Waals surface area contributed by atoms with Crippen molar-refractivity contribution in [3.05, 3.63) is 35.3 Å². The predicted octanol–water partition coefficient (Wildman–Crippen LogP) is 4.06. The first-order chi connectivity index (χ1) is 10.1. The van der Waals surface area contributed by atoms with Gasteiger partial charge in [0.15, 0.2) is 0 Å². The largest absolute Gasteiger partial charge is 0.406 e. The highest BCUT2D eigenvalue weighted by Crippen LogP contribution is 2.28. The molecule has 2 rings (SSSR count). The zero-order chi connectivity index (χ0) is 16.7. The summed E-state index contributed by atoms with van der Waals surface area (Å²) < 4.78 is 50.9. The van der Waals surface area contributed by atoms with Crippen molar-refractivity contribution in [1.82, 2.24) is 9.88 Å². The normalized spacial score (nSPS) is 12.2. The van der Waals surface area contributed by atoms with Gasteiger partial charge < -0.3 is 9.88 Å². The number of aromatic amines is 1. The van der Waals surface area contributed by atoms with Crippen LogP contribution < -0.4 is 0 Å². The molecular weight excluding hydrogens is 300 g/mol. The molecule has 1 amide bonds. The minimum absolute atomic E-state index is 0.0613. The van der Waals surface area contributed by atoms with E-state index in [9.17, 15) is 22.4 Å². The van der Waals surface area contributed by atoms with Gasteiger partial charge in [-0.25, -0.2) is 4.39 Å². The number of hydrogen-bond acceptors (Lipinski definition) is 1. The van der Waals surface area contributed by atoms with Gasteiger partial charge in [0, 0.05) is 12.4 Å². The molecular formula is C15H16F4N2O. The fourth-order valence-corrected chi connectivity index (χ4v) is 2.37. The van der Waals surface area contributed by atoms with Gasteiger partial charge in [0.2, 0.25) is 0 Å². The van der Waals surface area contributed by atoms with Gasteiger partial charge in [-0.15, -0.1) is 0 Å². The van der Waals surface area contributed by atoms with E-state index in [0.717, 1.165) is 12.6 Å². The number of carbonyl (C=O) groups is 1. The van der Waals surface area contributed by atoms with Crippen LogP contribution >= 0.6 is 0 Å². The van der Waals surface area contributed by atoms with Crippen molar-refractivity contribution in [2.75, 3.05) is 13.6 Å². The third kappa shape index (κ3) is 3.23. The van der Waals surface area contributed by atoms with Crippen LogP contribution in [0.2, 0.25) is 0 Å². The van der Waals surface area contributed by atoms with Gasteiger partial charge >= 0.3 is 6.18 Å². The van der Waals surface area contributed by atoms with Crippen molar-refractivity contribution < 1.29 is 22.4 Å². The summed E-state index contributed by atoms with van der Waals surface area (Å²) in [6.45, 7) is 2.47. The molecule has 1 N–H and O–H groups in total. The third-order valence-electron chi connectivity index (χ3n) is 3.39. The predicted molar refractivity (Wildman–Crippen MR) is 75.4 cm³/mol. The minimum atomic E-state index is -4.48. The van der Waals surface area contributed by atoms with E-state index in [0.29, 0.717) is 10.3 Å². The van der Waals surface area contributed by atoms with E-state index < -0.39 is 24.4 Å². The molecule has 0 saturated heterocycles. The summed E-state index contributed by atoms with van der Waals surface area (Å²) in [5.41, 5.74) is 0.897. The Labute approximate surface area is 124 Å². The van der Waals surface area contributed by atoms with Gasteiger partial charge in [-0.3, -0.25) is 4.79 Å². The van der Waals surface area contributed by atoms with E-state index in [2.05, 4.69) is 4.98 Å². The molecule has 0 fully saturated rings. The summed E-state index contributed by atoms with van der Waals surface area (Å²) in [6, 6.07) is 4.30. The second-order valence-corrected chi connectivity index (χ2v) is 5.54. The van der Waals surface area contributed by atoms with Crippen molar-refractivity contribution >= 4 is 16.8 Å². The summed E-state index contributed by atoms with van der Waals surface area (Å²) >= 11 is 0. The summed E-state index contributed by atoms with van der Waals surface area (Å²) in [6.07, 6.45) is -4.48. The van der Waals surface area contributed by atoms with E-state index in [1.165, 1.54) is 12.1 Å². The SMILES string of the molecule is CC(C)c1ccc(F)c2[nH]c(C(=O)N(C)CC(F)(F)F)cc12. The maximum absolute atomic E-state index is 13.8. The van der Waals surface area contributed by atoms with Crippen LogP contribution in [0.5, 0.6) is 0 Å². The van der Waals surface area contributed by atoms with Crippen LogP contribution in [0.4, 0.5) is 17.6 Å². The van der Waals surface area contributed by atoms with E-state index in [-0.39, 0.29) is 17.1 Å². The maximum atomic E-state index is 13.8. The molecule has 22 heavy (non-hydrogen) atoms. The Kier molecular flexibility index (Phi) is 4.17. The van der Waals surface area contributed by atoms with Gasteiger partial charge in [0.1, 0.15) is 18.1 Å². The first kappa shape index (κ1) is 16.3. The van der Waals surface area contributed by atoms with Crippen molar-refractivity contribution in [3.8, 4) is 0 Å². The number of aromatic nitrogens is 1.